The molecule has 0 aromatic carbocycles. The molecule has 0 amide bonds. The second-order valence-electron chi connectivity index (χ2n) is 3.81. The van der Waals surface area contributed by atoms with Gasteiger partial charge in [-0.25, -0.2) is 0 Å². The average molecular weight is 268 g/mol. The Morgan fingerprint density at radius 1 is 1.29 bits per heavy atom. The Balaban J connectivity index is 2.68. The third kappa shape index (κ3) is 3.30. The largest absolute Gasteiger partial charge is 0.480 e. The van der Waals surface area contributed by atoms with Crippen molar-refractivity contribution in [2.45, 2.75) is 42.0 Å². The Labute approximate surface area is 102 Å². The molecular formula is C9H16O7S. The van der Waals surface area contributed by atoms with Crippen LogP contribution < -0.4 is 0 Å². The second kappa shape index (κ2) is 5.98. The molecule has 100 valence electrons. The van der Waals surface area contributed by atoms with Gasteiger partial charge in [-0.1, -0.05) is 0 Å². The lowest BCUT2D eigenvalue weighted by Crippen LogP contribution is -2.57. The van der Waals surface area contributed by atoms with Crippen molar-refractivity contribution in [1.29, 1.82) is 0 Å². The Morgan fingerprint density at radius 3 is 2.35 bits per heavy atom. The summed E-state index contributed by atoms with van der Waals surface area (Å²) in [6.45, 7) is 0.887. The number of ether oxygens (including phenoxy) is 1. The van der Waals surface area contributed by atoms with Crippen LogP contribution in [0.1, 0.15) is 6.92 Å². The van der Waals surface area contributed by atoms with Gasteiger partial charge in [-0.05, 0) is 6.92 Å². The smallest absolute Gasteiger partial charge is 0.316 e. The van der Waals surface area contributed by atoms with Gasteiger partial charge >= 0.3 is 5.97 Å². The van der Waals surface area contributed by atoms with E-state index in [0.29, 0.717) is 0 Å². The van der Waals surface area contributed by atoms with Gasteiger partial charge in [0.15, 0.2) is 0 Å². The van der Waals surface area contributed by atoms with Crippen molar-refractivity contribution in [3.63, 3.8) is 0 Å². The third-order valence-electron chi connectivity index (χ3n) is 2.53. The normalized spacial score (nSPS) is 39.9. The molecule has 0 radical (unpaired) electrons. The summed E-state index contributed by atoms with van der Waals surface area (Å²) in [7, 11) is 0. The Morgan fingerprint density at radius 2 is 1.88 bits per heavy atom. The van der Waals surface area contributed by atoms with Crippen molar-refractivity contribution in [3.8, 4) is 0 Å². The van der Waals surface area contributed by atoms with E-state index in [0.717, 1.165) is 11.8 Å². The number of carboxylic acid groups (broad SMARTS) is 1. The van der Waals surface area contributed by atoms with Crippen molar-refractivity contribution in [3.05, 3.63) is 0 Å². The number of rotatable bonds is 4. The molecule has 0 spiro atoms. The van der Waals surface area contributed by atoms with E-state index in [1.54, 1.807) is 0 Å². The number of aliphatic hydroxyl groups excluding tert-OH is 4. The molecule has 0 aliphatic carbocycles. The molecule has 2 unspecified atom stereocenters. The van der Waals surface area contributed by atoms with Crippen LogP contribution in [-0.4, -0.2) is 73.2 Å². The molecule has 5 N–H and O–H groups in total. The van der Waals surface area contributed by atoms with Crippen molar-refractivity contribution in [2.24, 2.45) is 0 Å². The van der Waals surface area contributed by atoms with Crippen LogP contribution in [0.4, 0.5) is 0 Å². The zero-order chi connectivity index (χ0) is 13.2. The minimum absolute atomic E-state index is 0.524. The number of carbonyl (C=O) groups is 1. The van der Waals surface area contributed by atoms with Gasteiger partial charge < -0.3 is 30.3 Å². The highest BCUT2D eigenvalue weighted by molar-refractivity contribution is 8.01. The molecule has 0 bridgehead atoms. The monoisotopic (exact) mass is 268 g/mol. The number of aliphatic carboxylic acids is 1. The lowest BCUT2D eigenvalue weighted by molar-refractivity contribution is -0.205. The number of aliphatic hydroxyl groups is 4. The maximum atomic E-state index is 10.7. The van der Waals surface area contributed by atoms with Crippen LogP contribution in [0.25, 0.3) is 0 Å². The first-order valence-corrected chi connectivity index (χ1v) is 6.01. The minimum Gasteiger partial charge on any atom is -0.480 e. The molecule has 0 saturated carbocycles. The van der Waals surface area contributed by atoms with Gasteiger partial charge in [-0.3, -0.25) is 4.79 Å². The first-order valence-electron chi connectivity index (χ1n) is 5.07. The fourth-order valence-corrected chi connectivity index (χ4v) is 2.49. The van der Waals surface area contributed by atoms with E-state index in [9.17, 15) is 20.1 Å². The molecule has 1 aliphatic heterocycles. The van der Waals surface area contributed by atoms with Gasteiger partial charge in [-0.2, -0.15) is 0 Å². The molecule has 1 aliphatic rings. The van der Waals surface area contributed by atoms with Gasteiger partial charge in [-0.15, -0.1) is 11.8 Å². The van der Waals surface area contributed by atoms with Crippen LogP contribution in [0, 0.1) is 0 Å². The molecule has 0 aromatic heterocycles. The van der Waals surface area contributed by atoms with E-state index in [1.165, 1.54) is 6.92 Å². The maximum Gasteiger partial charge on any atom is 0.316 e. The van der Waals surface area contributed by atoms with E-state index >= 15 is 0 Å². The van der Waals surface area contributed by atoms with Crippen LogP contribution in [0.2, 0.25) is 0 Å². The summed E-state index contributed by atoms with van der Waals surface area (Å²) in [5.41, 5.74) is -1.00. The Bertz CT molecular complexity index is 272. The topological polar surface area (TPSA) is 127 Å². The van der Waals surface area contributed by atoms with Gasteiger partial charge in [0.05, 0.1) is 6.61 Å². The van der Waals surface area contributed by atoms with Crippen molar-refractivity contribution in [2.75, 3.05) is 6.61 Å². The number of thioether (sulfide) groups is 1. The summed E-state index contributed by atoms with van der Waals surface area (Å²) in [6.07, 6.45) is -5.31. The van der Waals surface area contributed by atoms with E-state index in [2.05, 4.69) is 0 Å². The van der Waals surface area contributed by atoms with E-state index in [4.69, 9.17) is 14.9 Å². The van der Waals surface area contributed by atoms with E-state index in [1.807, 2.05) is 0 Å². The van der Waals surface area contributed by atoms with Crippen molar-refractivity contribution in [1.82, 2.24) is 0 Å². The maximum absolute atomic E-state index is 10.7. The lowest BCUT2D eigenvalue weighted by atomic mass is 10.0. The number of hydrogen-bond acceptors (Lipinski definition) is 7. The third-order valence-corrected chi connectivity index (χ3v) is 3.80. The molecule has 1 heterocycles. The van der Waals surface area contributed by atoms with E-state index < -0.39 is 47.7 Å². The molecule has 1 rings (SSSR count). The minimum atomic E-state index is -1.47. The molecule has 7 nitrogen and oxygen atoms in total. The summed E-state index contributed by atoms with van der Waals surface area (Å²) >= 11 is 0.808. The first-order chi connectivity index (χ1) is 7.88. The zero-order valence-electron chi connectivity index (χ0n) is 9.13. The van der Waals surface area contributed by atoms with Gasteiger partial charge in [0, 0.05) is 0 Å². The highest BCUT2D eigenvalue weighted by Gasteiger charge is 2.44. The van der Waals surface area contributed by atoms with Crippen molar-refractivity contribution >= 4 is 17.7 Å². The second-order valence-corrected chi connectivity index (χ2v) is 5.26. The molecular weight excluding hydrogens is 252 g/mol. The SMILES string of the molecule is CC(SC1O[C@H](CO)[C@H](O)[C@H](O)[C@H]1O)C(=O)O. The highest BCUT2D eigenvalue weighted by atomic mass is 32.2. The van der Waals surface area contributed by atoms with Crippen LogP contribution >= 0.6 is 11.8 Å². The number of carboxylic acids is 1. The van der Waals surface area contributed by atoms with E-state index in [-0.39, 0.29) is 0 Å². The summed E-state index contributed by atoms with van der Waals surface area (Å²) in [5, 5.41) is 45.4. The predicted molar refractivity (Wildman–Crippen MR) is 58.5 cm³/mol. The summed E-state index contributed by atoms with van der Waals surface area (Å²) in [6, 6.07) is 0. The van der Waals surface area contributed by atoms with Gasteiger partial charge in [0.2, 0.25) is 0 Å². The van der Waals surface area contributed by atoms with Gasteiger partial charge in [0.1, 0.15) is 35.1 Å². The van der Waals surface area contributed by atoms with Crippen molar-refractivity contribution < 1.29 is 35.1 Å². The highest BCUT2D eigenvalue weighted by Crippen LogP contribution is 2.30. The molecule has 6 atom stereocenters. The Hall–Kier alpha value is -0.380. The van der Waals surface area contributed by atoms with Gasteiger partial charge in [0.25, 0.3) is 0 Å². The number of hydrogen-bond donors (Lipinski definition) is 5. The average Bonchev–Trinajstić information content (AvgIpc) is 2.29. The molecule has 0 aromatic rings. The standard InChI is InChI=1S/C9H16O7S/c1-3(8(14)15)17-9-7(13)6(12)5(11)4(2-10)16-9/h3-7,9-13H,2H2,1H3,(H,14,15)/t3?,4-,5+,6+,7-,9?/m1/s1. The van der Waals surface area contributed by atoms with Crippen LogP contribution in [0.5, 0.6) is 0 Å². The molecule has 1 fully saturated rings. The molecule has 1 saturated heterocycles. The summed E-state index contributed by atoms with van der Waals surface area (Å²) < 4.78 is 5.14. The quantitative estimate of drug-likeness (QED) is 0.396. The summed E-state index contributed by atoms with van der Waals surface area (Å²) in [5.74, 6) is -1.08. The zero-order valence-corrected chi connectivity index (χ0v) is 9.95. The fourth-order valence-electron chi connectivity index (χ4n) is 1.44. The first kappa shape index (κ1) is 14.7. The van der Waals surface area contributed by atoms with Crippen LogP contribution in [0.15, 0.2) is 0 Å². The molecule has 8 heteroatoms. The molecule has 17 heavy (non-hydrogen) atoms. The predicted octanol–water partition coefficient (Wildman–Crippen LogP) is -2.01. The Kier molecular flexibility index (Phi) is 5.17. The lowest BCUT2D eigenvalue weighted by Gasteiger charge is -2.40. The van der Waals surface area contributed by atoms with Crippen LogP contribution in [0.3, 0.4) is 0 Å². The fraction of sp³-hybridized carbons (Fsp3) is 0.889. The van der Waals surface area contributed by atoms with Crippen LogP contribution in [-0.2, 0) is 9.53 Å². The summed E-state index contributed by atoms with van der Waals surface area (Å²) in [4.78, 5) is 10.7.